The monoisotopic (exact) mass is 419 g/mol. The number of pyridine rings is 1. The van der Waals surface area contributed by atoms with Gasteiger partial charge >= 0.3 is 5.97 Å². The summed E-state index contributed by atoms with van der Waals surface area (Å²) < 4.78 is 4.69. The van der Waals surface area contributed by atoms with Crippen LogP contribution >= 0.6 is 0 Å². The van der Waals surface area contributed by atoms with Crippen LogP contribution in [0, 0.1) is 5.92 Å². The Morgan fingerprint density at radius 1 is 1.10 bits per heavy atom. The Morgan fingerprint density at radius 2 is 1.81 bits per heavy atom. The average Bonchev–Trinajstić information content (AvgIpc) is 2.95. The molecule has 1 aromatic carbocycles. The number of carbonyl (C=O) groups excluding carboxylic acids is 2. The van der Waals surface area contributed by atoms with Crippen LogP contribution in [-0.4, -0.2) is 29.7 Å². The van der Waals surface area contributed by atoms with E-state index >= 15 is 0 Å². The smallest absolute Gasteiger partial charge is 0.356 e. The minimum absolute atomic E-state index is 0.0364. The van der Waals surface area contributed by atoms with E-state index in [9.17, 15) is 9.59 Å². The standard InChI is InChI=1S/C25H29N3O3/c1-4-6-16(7-5-2)24(29)20-12-18-9-8-17(13-22(18)28-23(26)14-20)19-10-11-21(27-15-19)25(30)31-3/h8-13,15-16H,4-7,14H2,1-3H3,(H2,26,28). The van der Waals surface area contributed by atoms with Crippen molar-refractivity contribution >= 4 is 29.4 Å². The molecule has 0 unspecified atom stereocenters. The summed E-state index contributed by atoms with van der Waals surface area (Å²) in [5, 5.41) is 0. The summed E-state index contributed by atoms with van der Waals surface area (Å²) >= 11 is 0. The van der Waals surface area contributed by atoms with Crippen LogP contribution in [0.25, 0.3) is 17.2 Å². The van der Waals surface area contributed by atoms with E-state index in [-0.39, 0.29) is 17.4 Å². The zero-order valence-electron chi connectivity index (χ0n) is 18.4. The molecule has 2 N–H and O–H groups in total. The number of aliphatic imine (C=N–C) groups is 1. The Labute approximate surface area is 183 Å². The number of ketones is 1. The number of Topliss-reactive ketones (excluding diaryl/α,β-unsaturated/α-hetero) is 1. The Balaban J connectivity index is 1.93. The van der Waals surface area contributed by atoms with E-state index in [1.54, 1.807) is 12.3 Å². The number of nitrogens with two attached hydrogens (primary N) is 1. The Bertz CT molecular complexity index is 1020. The summed E-state index contributed by atoms with van der Waals surface area (Å²) in [4.78, 5) is 33.5. The third-order valence-corrected chi connectivity index (χ3v) is 5.45. The van der Waals surface area contributed by atoms with Gasteiger partial charge in [-0.3, -0.25) is 4.79 Å². The van der Waals surface area contributed by atoms with Crippen LogP contribution in [0.1, 0.15) is 62.0 Å². The predicted octanol–water partition coefficient (Wildman–Crippen LogP) is 5.10. The SMILES string of the molecule is CCCC(CCC)C(=O)C1=Cc2ccc(-c3ccc(C(=O)OC)nc3)cc2N=C(N)C1. The Morgan fingerprint density at radius 3 is 2.42 bits per heavy atom. The van der Waals surface area contributed by atoms with Crippen LogP contribution in [0.15, 0.2) is 47.1 Å². The summed E-state index contributed by atoms with van der Waals surface area (Å²) in [5.41, 5.74) is 10.5. The minimum atomic E-state index is -0.474. The van der Waals surface area contributed by atoms with Crippen molar-refractivity contribution in [3.05, 3.63) is 53.4 Å². The van der Waals surface area contributed by atoms with E-state index in [2.05, 4.69) is 23.8 Å². The van der Waals surface area contributed by atoms with E-state index in [1.807, 2.05) is 30.3 Å². The van der Waals surface area contributed by atoms with Gasteiger partial charge in [-0.25, -0.2) is 14.8 Å². The molecule has 3 rings (SSSR count). The molecule has 31 heavy (non-hydrogen) atoms. The van der Waals surface area contributed by atoms with Gasteiger partial charge in [0, 0.05) is 35.2 Å². The van der Waals surface area contributed by atoms with E-state index in [4.69, 9.17) is 10.5 Å². The van der Waals surface area contributed by atoms with E-state index < -0.39 is 5.97 Å². The first-order valence-electron chi connectivity index (χ1n) is 10.7. The van der Waals surface area contributed by atoms with Gasteiger partial charge in [0.1, 0.15) is 11.5 Å². The summed E-state index contributed by atoms with van der Waals surface area (Å²) in [6, 6.07) is 9.27. The lowest BCUT2D eigenvalue weighted by Gasteiger charge is -2.16. The third-order valence-electron chi connectivity index (χ3n) is 5.45. The maximum Gasteiger partial charge on any atom is 0.356 e. The number of hydrogen-bond donors (Lipinski definition) is 1. The number of carbonyl (C=O) groups is 2. The molecule has 2 aromatic rings. The number of aromatic nitrogens is 1. The van der Waals surface area contributed by atoms with Crippen LogP contribution in [0.5, 0.6) is 0 Å². The quantitative estimate of drug-likeness (QED) is 0.601. The van der Waals surface area contributed by atoms with Gasteiger partial charge in [0.25, 0.3) is 0 Å². The summed E-state index contributed by atoms with van der Waals surface area (Å²) in [6.45, 7) is 4.22. The molecule has 0 aliphatic carbocycles. The first-order valence-corrected chi connectivity index (χ1v) is 10.7. The minimum Gasteiger partial charge on any atom is -0.464 e. The van der Waals surface area contributed by atoms with Crippen LogP contribution < -0.4 is 5.73 Å². The topological polar surface area (TPSA) is 94.6 Å². The second kappa shape index (κ2) is 10.2. The maximum atomic E-state index is 13.2. The molecule has 1 aromatic heterocycles. The Hall–Kier alpha value is -3.28. The van der Waals surface area contributed by atoms with Crippen molar-refractivity contribution in [2.75, 3.05) is 7.11 Å². The van der Waals surface area contributed by atoms with Crippen molar-refractivity contribution < 1.29 is 14.3 Å². The molecular weight excluding hydrogens is 390 g/mol. The molecule has 0 fully saturated rings. The second-order valence-electron chi connectivity index (χ2n) is 7.79. The number of ether oxygens (including phenoxy) is 1. The van der Waals surface area contributed by atoms with Crippen molar-refractivity contribution in [1.29, 1.82) is 0 Å². The lowest BCUT2D eigenvalue weighted by atomic mass is 9.87. The van der Waals surface area contributed by atoms with Gasteiger partial charge in [0.2, 0.25) is 0 Å². The zero-order chi connectivity index (χ0) is 22.4. The molecule has 1 aliphatic heterocycles. The number of esters is 1. The summed E-state index contributed by atoms with van der Waals surface area (Å²) in [5.74, 6) is 0.176. The molecule has 2 heterocycles. The van der Waals surface area contributed by atoms with Gasteiger partial charge in [0.15, 0.2) is 5.78 Å². The van der Waals surface area contributed by atoms with Crippen molar-refractivity contribution in [3.63, 3.8) is 0 Å². The van der Waals surface area contributed by atoms with Gasteiger partial charge in [-0.1, -0.05) is 44.9 Å². The number of methoxy groups -OCH3 is 1. The van der Waals surface area contributed by atoms with Crippen LogP contribution in [0.2, 0.25) is 0 Å². The number of nitrogens with zero attached hydrogens (tertiary/aromatic N) is 2. The van der Waals surface area contributed by atoms with Gasteiger partial charge < -0.3 is 10.5 Å². The highest BCUT2D eigenvalue weighted by Crippen LogP contribution is 2.33. The highest BCUT2D eigenvalue weighted by Gasteiger charge is 2.23. The van der Waals surface area contributed by atoms with E-state index in [0.29, 0.717) is 12.3 Å². The number of amidine groups is 1. The average molecular weight is 420 g/mol. The molecule has 6 heteroatoms. The fourth-order valence-corrected chi connectivity index (χ4v) is 3.88. The van der Waals surface area contributed by atoms with Crippen molar-refractivity contribution in [2.45, 2.75) is 46.0 Å². The predicted molar refractivity (Wildman–Crippen MR) is 123 cm³/mol. The van der Waals surface area contributed by atoms with E-state index in [0.717, 1.165) is 53.6 Å². The molecule has 0 radical (unpaired) electrons. The Kier molecular flexibility index (Phi) is 7.34. The van der Waals surface area contributed by atoms with Crippen LogP contribution in [0.3, 0.4) is 0 Å². The van der Waals surface area contributed by atoms with Crippen LogP contribution in [-0.2, 0) is 9.53 Å². The molecule has 0 bridgehead atoms. The van der Waals surface area contributed by atoms with Gasteiger partial charge in [-0.2, -0.15) is 0 Å². The molecule has 6 nitrogen and oxygen atoms in total. The molecule has 0 saturated heterocycles. The number of hydrogen-bond acceptors (Lipinski definition) is 6. The lowest BCUT2D eigenvalue weighted by molar-refractivity contribution is -0.119. The number of rotatable bonds is 8. The zero-order valence-corrected chi connectivity index (χ0v) is 18.4. The lowest BCUT2D eigenvalue weighted by Crippen LogP contribution is -2.21. The molecular formula is C25H29N3O3. The van der Waals surface area contributed by atoms with Crippen molar-refractivity contribution in [1.82, 2.24) is 4.98 Å². The number of fused-ring (bicyclic) bond motifs is 1. The molecule has 0 amide bonds. The fourth-order valence-electron chi connectivity index (χ4n) is 3.88. The summed E-state index contributed by atoms with van der Waals surface area (Å²) in [6.07, 6.45) is 7.67. The molecule has 0 atom stereocenters. The van der Waals surface area contributed by atoms with Gasteiger partial charge in [-0.05, 0) is 36.6 Å². The van der Waals surface area contributed by atoms with Gasteiger partial charge in [0.05, 0.1) is 12.8 Å². The highest BCUT2D eigenvalue weighted by molar-refractivity contribution is 6.07. The first kappa shape index (κ1) is 22.4. The maximum absolute atomic E-state index is 13.2. The van der Waals surface area contributed by atoms with Crippen LogP contribution in [0.4, 0.5) is 5.69 Å². The highest BCUT2D eigenvalue weighted by atomic mass is 16.5. The first-order chi connectivity index (χ1) is 15.0. The van der Waals surface area contributed by atoms with Crippen molar-refractivity contribution in [2.24, 2.45) is 16.6 Å². The van der Waals surface area contributed by atoms with Crippen molar-refractivity contribution in [3.8, 4) is 11.1 Å². The number of benzene rings is 1. The summed E-state index contributed by atoms with van der Waals surface area (Å²) in [7, 11) is 1.33. The van der Waals surface area contributed by atoms with E-state index in [1.165, 1.54) is 7.11 Å². The molecule has 0 spiro atoms. The largest absolute Gasteiger partial charge is 0.464 e. The molecule has 0 saturated carbocycles. The van der Waals surface area contributed by atoms with Gasteiger partial charge in [-0.15, -0.1) is 0 Å². The fraction of sp³-hybridized carbons (Fsp3) is 0.360. The normalized spacial score (nSPS) is 13.2. The molecule has 1 aliphatic rings. The molecule has 162 valence electrons. The second-order valence-corrected chi connectivity index (χ2v) is 7.79. The third kappa shape index (κ3) is 5.26.